The van der Waals surface area contributed by atoms with Crippen LogP contribution in [0.5, 0.6) is 5.75 Å². The third-order valence-electron chi connectivity index (χ3n) is 5.48. The van der Waals surface area contributed by atoms with Crippen molar-refractivity contribution in [3.8, 4) is 5.75 Å². The number of nitrogens with one attached hydrogen (secondary N) is 1. The van der Waals surface area contributed by atoms with Crippen molar-refractivity contribution in [3.63, 3.8) is 0 Å². The van der Waals surface area contributed by atoms with E-state index < -0.39 is 11.4 Å². The molecule has 0 bridgehead atoms. The van der Waals surface area contributed by atoms with Gasteiger partial charge in [-0.3, -0.25) is 9.59 Å². The first-order valence-electron chi connectivity index (χ1n) is 9.97. The molecule has 2 N–H and O–H groups in total. The Morgan fingerprint density at radius 3 is 2.34 bits per heavy atom. The van der Waals surface area contributed by atoms with Crippen molar-refractivity contribution in [1.29, 1.82) is 0 Å². The quantitative estimate of drug-likeness (QED) is 0.713. The molecule has 0 aromatic heterocycles. The Bertz CT molecular complexity index is 815. The number of carboxylic acids is 1. The zero-order valence-electron chi connectivity index (χ0n) is 16.6. The molecule has 0 saturated carbocycles. The maximum absolute atomic E-state index is 12.6. The molecule has 1 heterocycles. The molecule has 1 aliphatic heterocycles. The van der Waals surface area contributed by atoms with E-state index in [9.17, 15) is 14.7 Å². The molecule has 1 fully saturated rings. The van der Waals surface area contributed by atoms with Crippen molar-refractivity contribution in [1.82, 2.24) is 5.32 Å². The minimum atomic E-state index is -1.16. The van der Waals surface area contributed by atoms with Crippen LogP contribution in [-0.2, 0) is 14.9 Å². The summed E-state index contributed by atoms with van der Waals surface area (Å²) in [4.78, 5) is 24.7. The van der Waals surface area contributed by atoms with Gasteiger partial charge in [0.1, 0.15) is 17.3 Å². The second-order valence-corrected chi connectivity index (χ2v) is 7.24. The van der Waals surface area contributed by atoms with E-state index in [1.165, 1.54) is 0 Å². The fraction of sp³-hybridized carbons (Fsp3) is 0.391. The van der Waals surface area contributed by atoms with Crippen molar-refractivity contribution < 1.29 is 24.2 Å². The van der Waals surface area contributed by atoms with Gasteiger partial charge in [0.05, 0.1) is 13.2 Å². The molecule has 1 amide bonds. The van der Waals surface area contributed by atoms with Crippen molar-refractivity contribution in [2.75, 3.05) is 19.8 Å². The zero-order chi connectivity index (χ0) is 20.7. The van der Waals surface area contributed by atoms with Crippen LogP contribution in [0.1, 0.15) is 42.1 Å². The highest BCUT2D eigenvalue weighted by Gasteiger charge is 2.39. The largest absolute Gasteiger partial charge is 0.490 e. The third kappa shape index (κ3) is 4.95. The van der Waals surface area contributed by atoms with Crippen molar-refractivity contribution in [2.24, 2.45) is 0 Å². The molecule has 1 unspecified atom stereocenters. The summed E-state index contributed by atoms with van der Waals surface area (Å²) in [6.07, 6.45) is 2.21. The summed E-state index contributed by atoms with van der Waals surface area (Å²) >= 11 is 0. The number of aliphatic carboxylic acids is 1. The Kier molecular flexibility index (Phi) is 6.88. The Hall–Kier alpha value is -2.86. The van der Waals surface area contributed by atoms with Crippen LogP contribution in [-0.4, -0.2) is 42.8 Å². The summed E-state index contributed by atoms with van der Waals surface area (Å²) < 4.78 is 11.2. The Morgan fingerprint density at radius 1 is 1.10 bits per heavy atom. The van der Waals surface area contributed by atoms with E-state index in [-0.39, 0.29) is 18.6 Å². The van der Waals surface area contributed by atoms with Gasteiger partial charge in [-0.2, -0.15) is 0 Å². The van der Waals surface area contributed by atoms with E-state index in [1.807, 2.05) is 25.1 Å². The van der Waals surface area contributed by atoms with Crippen LogP contribution in [0.25, 0.3) is 0 Å². The molecule has 2 aromatic carbocycles. The van der Waals surface area contributed by atoms with Crippen LogP contribution in [0.3, 0.4) is 0 Å². The Balaban J connectivity index is 1.65. The smallest absolute Gasteiger partial charge is 0.315 e. The number of hydrogen-bond acceptors (Lipinski definition) is 4. The fourth-order valence-corrected chi connectivity index (χ4v) is 3.54. The molecule has 0 radical (unpaired) electrons. The van der Waals surface area contributed by atoms with Gasteiger partial charge in [0.15, 0.2) is 0 Å². The molecule has 154 valence electrons. The van der Waals surface area contributed by atoms with E-state index in [4.69, 9.17) is 9.47 Å². The molecule has 1 aliphatic rings. The number of carboxylic acid groups (broad SMARTS) is 1. The topological polar surface area (TPSA) is 84.9 Å². The normalized spacial score (nSPS) is 16.6. The number of ether oxygens (including phenoxy) is 2. The summed E-state index contributed by atoms with van der Waals surface area (Å²) in [7, 11) is 0. The van der Waals surface area contributed by atoms with E-state index in [0.29, 0.717) is 36.5 Å². The van der Waals surface area contributed by atoms with Crippen LogP contribution in [0, 0.1) is 0 Å². The van der Waals surface area contributed by atoms with Gasteiger partial charge >= 0.3 is 5.97 Å². The average Bonchev–Trinajstić information content (AvgIpc) is 2.76. The molecule has 29 heavy (non-hydrogen) atoms. The van der Waals surface area contributed by atoms with E-state index in [1.54, 1.807) is 36.4 Å². The van der Waals surface area contributed by atoms with Gasteiger partial charge < -0.3 is 19.9 Å². The lowest BCUT2D eigenvalue weighted by Crippen LogP contribution is -2.46. The van der Waals surface area contributed by atoms with Gasteiger partial charge in [-0.05, 0) is 36.2 Å². The number of rotatable bonds is 8. The molecule has 1 atom stereocenters. The molecule has 6 heteroatoms. The molecule has 1 saturated heterocycles. The third-order valence-corrected chi connectivity index (χ3v) is 5.48. The molecule has 3 rings (SSSR count). The highest BCUT2D eigenvalue weighted by Crippen LogP contribution is 2.28. The van der Waals surface area contributed by atoms with Crippen molar-refractivity contribution in [3.05, 3.63) is 65.7 Å². The molecule has 0 spiro atoms. The monoisotopic (exact) mass is 397 g/mol. The number of benzene rings is 2. The molecule has 0 aliphatic carbocycles. The first kappa shape index (κ1) is 20.9. The standard InChI is InChI=1S/C23H27NO5/c1-2-23(22(26)27,18-6-4-3-5-7-18)16-24-21(25)17-8-10-19(11-9-17)29-20-12-14-28-15-13-20/h3-11,20H,2,12-16H2,1H3,(H,24,25)(H,26,27). The van der Waals surface area contributed by atoms with Gasteiger partial charge in [0, 0.05) is 24.9 Å². The first-order valence-corrected chi connectivity index (χ1v) is 9.97. The lowest BCUT2D eigenvalue weighted by molar-refractivity contribution is -0.143. The van der Waals surface area contributed by atoms with Gasteiger partial charge in [-0.15, -0.1) is 0 Å². The summed E-state index contributed by atoms with van der Waals surface area (Å²) in [6, 6.07) is 16.0. The zero-order valence-corrected chi connectivity index (χ0v) is 16.6. The van der Waals surface area contributed by atoms with Crippen molar-refractivity contribution in [2.45, 2.75) is 37.7 Å². The number of carbonyl (C=O) groups is 2. The predicted octanol–water partition coefficient (Wildman–Crippen LogP) is 3.41. The summed E-state index contributed by atoms with van der Waals surface area (Å²) in [6.45, 7) is 3.24. The van der Waals surface area contributed by atoms with Crippen LogP contribution < -0.4 is 10.1 Å². The summed E-state index contributed by atoms with van der Waals surface area (Å²) in [5.74, 6) is -0.546. The van der Waals surface area contributed by atoms with Crippen LogP contribution >= 0.6 is 0 Å². The van der Waals surface area contributed by atoms with Crippen molar-refractivity contribution >= 4 is 11.9 Å². The van der Waals surface area contributed by atoms with Gasteiger partial charge in [-0.25, -0.2) is 0 Å². The van der Waals surface area contributed by atoms with E-state index in [0.717, 1.165) is 12.8 Å². The number of hydrogen-bond donors (Lipinski definition) is 2. The van der Waals surface area contributed by atoms with Crippen LogP contribution in [0.4, 0.5) is 0 Å². The SMILES string of the molecule is CCC(CNC(=O)c1ccc(OC2CCOCC2)cc1)(C(=O)O)c1ccccc1. The Morgan fingerprint density at radius 2 is 1.76 bits per heavy atom. The highest BCUT2D eigenvalue weighted by molar-refractivity contribution is 5.95. The highest BCUT2D eigenvalue weighted by atomic mass is 16.5. The average molecular weight is 397 g/mol. The fourth-order valence-electron chi connectivity index (χ4n) is 3.54. The molecular weight excluding hydrogens is 370 g/mol. The number of carbonyl (C=O) groups excluding carboxylic acids is 1. The molecule has 2 aromatic rings. The summed E-state index contributed by atoms with van der Waals surface area (Å²) in [5.41, 5.74) is -0.0217. The number of amides is 1. The Labute approximate surface area is 170 Å². The molecule has 6 nitrogen and oxygen atoms in total. The van der Waals surface area contributed by atoms with Gasteiger partial charge in [-0.1, -0.05) is 37.3 Å². The van der Waals surface area contributed by atoms with Gasteiger partial charge in [0.25, 0.3) is 5.91 Å². The maximum Gasteiger partial charge on any atom is 0.315 e. The second kappa shape index (κ2) is 9.56. The van der Waals surface area contributed by atoms with Crippen LogP contribution in [0.2, 0.25) is 0 Å². The lowest BCUT2D eigenvalue weighted by atomic mass is 9.78. The molecular formula is C23H27NO5. The summed E-state index contributed by atoms with van der Waals surface area (Å²) in [5, 5.41) is 12.7. The minimum Gasteiger partial charge on any atom is -0.490 e. The first-order chi connectivity index (χ1) is 14.0. The maximum atomic E-state index is 12.6. The van der Waals surface area contributed by atoms with Crippen LogP contribution in [0.15, 0.2) is 54.6 Å². The van der Waals surface area contributed by atoms with E-state index in [2.05, 4.69) is 5.32 Å². The van der Waals surface area contributed by atoms with E-state index >= 15 is 0 Å². The minimum absolute atomic E-state index is 0.0159. The second-order valence-electron chi connectivity index (χ2n) is 7.24. The lowest BCUT2D eigenvalue weighted by Gasteiger charge is -2.29. The predicted molar refractivity (Wildman–Crippen MR) is 109 cm³/mol. The van der Waals surface area contributed by atoms with Gasteiger partial charge in [0.2, 0.25) is 0 Å².